The van der Waals surface area contributed by atoms with Crippen LogP contribution in [0.1, 0.15) is 49.1 Å². The van der Waals surface area contributed by atoms with Crippen LogP contribution in [0.2, 0.25) is 0 Å². The van der Waals surface area contributed by atoms with Crippen LogP contribution in [-0.4, -0.2) is 31.2 Å². The minimum absolute atomic E-state index is 0.324. The second-order valence-electron chi connectivity index (χ2n) is 7.61. The molecule has 1 aromatic carbocycles. The Kier molecular flexibility index (Phi) is 5.26. The minimum Gasteiger partial charge on any atom is -0.383 e. The molecule has 27 heavy (non-hydrogen) atoms. The first-order chi connectivity index (χ1) is 13.3. The monoisotopic (exact) mass is 361 g/mol. The highest BCUT2D eigenvalue weighted by Crippen LogP contribution is 2.32. The van der Waals surface area contributed by atoms with Crippen LogP contribution in [0.15, 0.2) is 30.3 Å². The summed E-state index contributed by atoms with van der Waals surface area (Å²) in [6, 6.07) is 13.0. The lowest BCUT2D eigenvalue weighted by atomic mass is 9.88. The van der Waals surface area contributed by atoms with Crippen LogP contribution >= 0.6 is 0 Å². The van der Waals surface area contributed by atoms with Crippen molar-refractivity contribution in [3.05, 3.63) is 41.5 Å². The summed E-state index contributed by atoms with van der Waals surface area (Å²) >= 11 is 0. The van der Waals surface area contributed by atoms with Crippen LogP contribution in [0, 0.1) is 11.3 Å². The molecule has 1 atom stereocenters. The molecule has 3 N–H and O–H groups in total. The van der Waals surface area contributed by atoms with Crippen molar-refractivity contribution < 1.29 is 0 Å². The van der Waals surface area contributed by atoms with E-state index in [4.69, 9.17) is 5.73 Å². The van der Waals surface area contributed by atoms with Gasteiger partial charge in [0.15, 0.2) is 0 Å². The molecule has 0 amide bonds. The second kappa shape index (κ2) is 7.98. The van der Waals surface area contributed by atoms with E-state index in [0.29, 0.717) is 17.3 Å². The van der Waals surface area contributed by atoms with Gasteiger partial charge in [-0.25, -0.2) is 4.98 Å². The topological polar surface area (TPSA) is 78.0 Å². The number of nitrogens with zero attached hydrogens (tertiary/aromatic N) is 3. The van der Waals surface area contributed by atoms with Crippen LogP contribution < -0.4 is 16.0 Å². The number of nitrogens with two attached hydrogens (primary N) is 1. The van der Waals surface area contributed by atoms with Crippen molar-refractivity contribution >= 4 is 11.5 Å². The van der Waals surface area contributed by atoms with E-state index in [1.165, 1.54) is 24.9 Å². The molecule has 1 aromatic heterocycles. The molecule has 5 nitrogen and oxygen atoms in total. The van der Waals surface area contributed by atoms with E-state index in [1.54, 1.807) is 0 Å². The van der Waals surface area contributed by atoms with Gasteiger partial charge in [0.05, 0.1) is 11.3 Å². The number of anilines is 2. The molecule has 3 heterocycles. The summed E-state index contributed by atoms with van der Waals surface area (Å²) in [5, 5.41) is 13.0. The minimum atomic E-state index is 0.324. The fourth-order valence-corrected chi connectivity index (χ4v) is 4.29. The van der Waals surface area contributed by atoms with Crippen molar-refractivity contribution in [2.75, 3.05) is 36.8 Å². The zero-order valence-electron chi connectivity index (χ0n) is 15.7. The molecule has 1 unspecified atom stereocenters. The van der Waals surface area contributed by atoms with Gasteiger partial charge in [-0.15, -0.1) is 0 Å². The highest BCUT2D eigenvalue weighted by atomic mass is 15.1. The number of nitriles is 1. The summed E-state index contributed by atoms with van der Waals surface area (Å²) in [5.74, 6) is 0.667. The quantitative estimate of drug-likeness (QED) is 0.872. The lowest BCUT2D eigenvalue weighted by Gasteiger charge is -2.29. The lowest BCUT2D eigenvalue weighted by molar-refractivity contribution is 0.461. The van der Waals surface area contributed by atoms with Gasteiger partial charge >= 0.3 is 0 Å². The van der Waals surface area contributed by atoms with Gasteiger partial charge in [-0.2, -0.15) is 5.26 Å². The molecule has 2 aromatic rings. The first-order valence-electron chi connectivity index (χ1n) is 10.0. The van der Waals surface area contributed by atoms with E-state index >= 15 is 0 Å². The molecule has 4 rings (SSSR count). The Morgan fingerprint density at radius 2 is 1.89 bits per heavy atom. The molecule has 2 aliphatic heterocycles. The Bertz CT molecular complexity index is 825. The smallest absolute Gasteiger partial charge is 0.142 e. The van der Waals surface area contributed by atoms with Gasteiger partial charge in [0.1, 0.15) is 11.9 Å². The van der Waals surface area contributed by atoms with Crippen LogP contribution in [0.25, 0.3) is 11.3 Å². The second-order valence-corrected chi connectivity index (χ2v) is 7.61. The molecule has 0 aliphatic carbocycles. The largest absolute Gasteiger partial charge is 0.383 e. The third-order valence-electron chi connectivity index (χ3n) is 5.81. The number of hydrogen-bond donors (Lipinski definition) is 2. The SMILES string of the molecule is N#Cc1c(C2CCCNC2)cc(-c2ccc(N3CCCCC3)cc2)nc1N. The molecule has 0 radical (unpaired) electrons. The summed E-state index contributed by atoms with van der Waals surface area (Å²) in [5.41, 5.74) is 10.9. The Labute approximate surface area is 161 Å². The van der Waals surface area contributed by atoms with Gasteiger partial charge in [0.25, 0.3) is 0 Å². The summed E-state index contributed by atoms with van der Waals surface area (Å²) in [4.78, 5) is 6.98. The molecule has 0 spiro atoms. The number of nitrogens with one attached hydrogen (secondary N) is 1. The van der Waals surface area contributed by atoms with Crippen molar-refractivity contribution in [1.29, 1.82) is 5.26 Å². The van der Waals surface area contributed by atoms with E-state index in [1.807, 2.05) is 0 Å². The molecular weight excluding hydrogens is 334 g/mol. The van der Waals surface area contributed by atoms with Crippen LogP contribution in [-0.2, 0) is 0 Å². The van der Waals surface area contributed by atoms with Crippen LogP contribution in [0.3, 0.4) is 0 Å². The maximum atomic E-state index is 9.58. The molecule has 2 saturated heterocycles. The first kappa shape index (κ1) is 17.8. The van der Waals surface area contributed by atoms with Crippen molar-refractivity contribution in [2.45, 2.75) is 38.0 Å². The van der Waals surface area contributed by atoms with Gasteiger partial charge in [0.2, 0.25) is 0 Å². The molecule has 2 fully saturated rings. The van der Waals surface area contributed by atoms with E-state index in [9.17, 15) is 5.26 Å². The predicted octanol–water partition coefficient (Wildman–Crippen LogP) is 3.66. The number of pyridine rings is 1. The zero-order chi connectivity index (χ0) is 18.6. The predicted molar refractivity (Wildman–Crippen MR) is 110 cm³/mol. The number of benzene rings is 1. The number of aromatic nitrogens is 1. The van der Waals surface area contributed by atoms with Gasteiger partial charge in [-0.1, -0.05) is 12.1 Å². The van der Waals surface area contributed by atoms with Crippen LogP contribution in [0.4, 0.5) is 11.5 Å². The van der Waals surface area contributed by atoms with Crippen molar-refractivity contribution in [2.24, 2.45) is 0 Å². The molecule has 5 heteroatoms. The average molecular weight is 361 g/mol. The molecule has 0 saturated carbocycles. The van der Waals surface area contributed by atoms with Crippen molar-refractivity contribution in [1.82, 2.24) is 10.3 Å². The van der Waals surface area contributed by atoms with Gasteiger partial charge in [0, 0.05) is 30.9 Å². The van der Waals surface area contributed by atoms with Gasteiger partial charge in [-0.05, 0) is 68.3 Å². The molecule has 140 valence electrons. The normalized spacial score (nSPS) is 20.3. The highest BCUT2D eigenvalue weighted by Gasteiger charge is 2.22. The number of hydrogen-bond acceptors (Lipinski definition) is 5. The maximum Gasteiger partial charge on any atom is 0.142 e. The average Bonchev–Trinajstić information content (AvgIpc) is 2.74. The Morgan fingerprint density at radius 1 is 1.11 bits per heavy atom. The third kappa shape index (κ3) is 3.77. The molecule has 2 aliphatic rings. The van der Waals surface area contributed by atoms with Crippen LogP contribution in [0.5, 0.6) is 0 Å². The fourth-order valence-electron chi connectivity index (χ4n) is 4.29. The zero-order valence-corrected chi connectivity index (χ0v) is 15.7. The Hall–Kier alpha value is -2.58. The van der Waals surface area contributed by atoms with Gasteiger partial charge in [-0.3, -0.25) is 0 Å². The molecular formula is C22H27N5. The van der Waals surface area contributed by atoms with Crippen molar-refractivity contribution in [3.63, 3.8) is 0 Å². The van der Waals surface area contributed by atoms with E-state index < -0.39 is 0 Å². The fraction of sp³-hybridized carbons (Fsp3) is 0.455. The summed E-state index contributed by atoms with van der Waals surface area (Å²) in [6.45, 7) is 4.22. The lowest BCUT2D eigenvalue weighted by Crippen LogP contribution is -2.29. The number of rotatable bonds is 3. The maximum absolute atomic E-state index is 9.58. The Balaban J connectivity index is 1.65. The first-order valence-corrected chi connectivity index (χ1v) is 10.0. The highest BCUT2D eigenvalue weighted by molar-refractivity contribution is 5.68. The van der Waals surface area contributed by atoms with Crippen molar-refractivity contribution in [3.8, 4) is 17.3 Å². The van der Waals surface area contributed by atoms with E-state index in [2.05, 4.69) is 51.6 Å². The standard InChI is InChI=1S/C22H27N5/c23-14-20-19(17-5-4-10-25-15-17)13-21(26-22(20)24)16-6-8-18(9-7-16)27-11-2-1-3-12-27/h6-9,13,17,25H,1-5,10-12,15H2,(H2,24,26). The molecule has 0 bridgehead atoms. The van der Waals surface area contributed by atoms with Gasteiger partial charge < -0.3 is 16.0 Å². The number of piperidine rings is 2. The number of nitrogen functional groups attached to an aromatic ring is 1. The van der Waals surface area contributed by atoms with E-state index in [-0.39, 0.29) is 0 Å². The third-order valence-corrected chi connectivity index (χ3v) is 5.81. The van der Waals surface area contributed by atoms with E-state index in [0.717, 1.165) is 55.8 Å². The summed E-state index contributed by atoms with van der Waals surface area (Å²) in [6.07, 6.45) is 6.08. The Morgan fingerprint density at radius 3 is 2.56 bits per heavy atom. The summed E-state index contributed by atoms with van der Waals surface area (Å²) < 4.78 is 0. The summed E-state index contributed by atoms with van der Waals surface area (Å²) in [7, 11) is 0.